The molecule has 0 fully saturated rings. The summed E-state index contributed by atoms with van der Waals surface area (Å²) in [7, 11) is 0. The quantitative estimate of drug-likeness (QED) is 0.665. The molecule has 4 heteroatoms. The normalized spacial score (nSPS) is 10.9. The SMILES string of the molecule is CCOc1ccc(C(=O)O)cc1/C=C(\C#N)c1ccc(C)cc1. The van der Waals surface area contributed by atoms with E-state index in [1.54, 1.807) is 12.1 Å². The van der Waals surface area contributed by atoms with Gasteiger partial charge in [-0.15, -0.1) is 0 Å². The van der Waals surface area contributed by atoms with Crippen molar-refractivity contribution >= 4 is 17.6 Å². The third-order valence-corrected chi connectivity index (χ3v) is 3.34. The molecule has 116 valence electrons. The number of carboxylic acids is 1. The number of aryl methyl sites for hydroxylation is 1. The molecule has 0 radical (unpaired) electrons. The monoisotopic (exact) mass is 307 g/mol. The van der Waals surface area contributed by atoms with Gasteiger partial charge in [-0.1, -0.05) is 29.8 Å². The van der Waals surface area contributed by atoms with Gasteiger partial charge in [-0.3, -0.25) is 0 Å². The van der Waals surface area contributed by atoms with E-state index in [-0.39, 0.29) is 5.56 Å². The average molecular weight is 307 g/mol. The number of carboxylic acid groups (broad SMARTS) is 1. The van der Waals surface area contributed by atoms with Crippen molar-refractivity contribution in [2.45, 2.75) is 13.8 Å². The molecule has 4 nitrogen and oxygen atoms in total. The summed E-state index contributed by atoms with van der Waals surface area (Å²) in [6, 6.07) is 14.4. The second kappa shape index (κ2) is 7.28. The topological polar surface area (TPSA) is 70.3 Å². The first-order valence-electron chi connectivity index (χ1n) is 7.24. The number of ether oxygens (including phenoxy) is 1. The molecule has 0 spiro atoms. The van der Waals surface area contributed by atoms with Crippen LogP contribution in [0.4, 0.5) is 0 Å². The maximum absolute atomic E-state index is 11.2. The minimum Gasteiger partial charge on any atom is -0.493 e. The highest BCUT2D eigenvalue weighted by Crippen LogP contribution is 2.26. The number of hydrogen-bond acceptors (Lipinski definition) is 3. The van der Waals surface area contributed by atoms with Crippen LogP contribution in [0.5, 0.6) is 5.75 Å². The van der Waals surface area contributed by atoms with Crippen LogP contribution in [0.15, 0.2) is 42.5 Å². The number of carbonyl (C=O) groups is 1. The van der Waals surface area contributed by atoms with Crippen LogP contribution in [-0.4, -0.2) is 17.7 Å². The van der Waals surface area contributed by atoms with E-state index in [1.165, 1.54) is 12.1 Å². The van der Waals surface area contributed by atoms with Crippen LogP contribution in [0.3, 0.4) is 0 Å². The molecule has 0 aliphatic carbocycles. The van der Waals surface area contributed by atoms with Gasteiger partial charge < -0.3 is 9.84 Å². The highest BCUT2D eigenvalue weighted by Gasteiger charge is 2.10. The van der Waals surface area contributed by atoms with Gasteiger partial charge in [0.05, 0.1) is 23.8 Å². The number of nitrogens with zero attached hydrogens (tertiary/aromatic N) is 1. The lowest BCUT2D eigenvalue weighted by atomic mass is 10.0. The van der Waals surface area contributed by atoms with Crippen LogP contribution in [0, 0.1) is 18.3 Å². The molecule has 0 unspecified atom stereocenters. The van der Waals surface area contributed by atoms with Crippen molar-refractivity contribution in [2.24, 2.45) is 0 Å². The fraction of sp³-hybridized carbons (Fsp3) is 0.158. The van der Waals surface area contributed by atoms with E-state index in [9.17, 15) is 10.1 Å². The average Bonchev–Trinajstić information content (AvgIpc) is 2.55. The Labute approximate surface area is 135 Å². The summed E-state index contributed by atoms with van der Waals surface area (Å²) in [5.74, 6) is -0.464. The van der Waals surface area contributed by atoms with Crippen molar-refractivity contribution in [2.75, 3.05) is 6.61 Å². The zero-order valence-electron chi connectivity index (χ0n) is 13.0. The molecular weight excluding hydrogens is 290 g/mol. The van der Waals surface area contributed by atoms with Crippen molar-refractivity contribution in [1.82, 2.24) is 0 Å². The van der Waals surface area contributed by atoms with Gasteiger partial charge in [-0.05, 0) is 43.7 Å². The third kappa shape index (κ3) is 3.98. The third-order valence-electron chi connectivity index (χ3n) is 3.34. The number of benzene rings is 2. The zero-order valence-corrected chi connectivity index (χ0v) is 13.0. The molecule has 0 heterocycles. The fourth-order valence-electron chi connectivity index (χ4n) is 2.15. The fourth-order valence-corrected chi connectivity index (χ4v) is 2.15. The minimum atomic E-state index is -1.02. The summed E-state index contributed by atoms with van der Waals surface area (Å²) in [6.07, 6.45) is 1.65. The molecular formula is C19H17NO3. The molecule has 2 rings (SSSR count). The van der Waals surface area contributed by atoms with Crippen molar-refractivity contribution in [3.8, 4) is 11.8 Å². The standard InChI is InChI=1S/C19H17NO3/c1-3-23-18-9-8-15(19(21)22)10-16(18)11-17(12-20)14-6-4-13(2)5-7-14/h4-11H,3H2,1-2H3,(H,21,22)/b17-11+. The summed E-state index contributed by atoms with van der Waals surface area (Å²) >= 11 is 0. The predicted molar refractivity (Wildman–Crippen MR) is 89.2 cm³/mol. The van der Waals surface area contributed by atoms with Crippen LogP contribution >= 0.6 is 0 Å². The van der Waals surface area contributed by atoms with Crippen LogP contribution in [0.2, 0.25) is 0 Å². The Hall–Kier alpha value is -3.06. The van der Waals surface area contributed by atoms with Crippen molar-refractivity contribution in [1.29, 1.82) is 5.26 Å². The molecule has 0 atom stereocenters. The Kier molecular flexibility index (Phi) is 5.16. The van der Waals surface area contributed by atoms with E-state index in [2.05, 4.69) is 6.07 Å². The molecule has 2 aromatic rings. The smallest absolute Gasteiger partial charge is 0.335 e. The number of allylic oxidation sites excluding steroid dienone is 1. The first kappa shape index (κ1) is 16.3. The van der Waals surface area contributed by atoms with Gasteiger partial charge in [0.1, 0.15) is 5.75 Å². The lowest BCUT2D eigenvalue weighted by molar-refractivity contribution is 0.0697. The van der Waals surface area contributed by atoms with Crippen molar-refractivity contribution < 1.29 is 14.6 Å². The Morgan fingerprint density at radius 1 is 1.22 bits per heavy atom. The van der Waals surface area contributed by atoms with Gasteiger partial charge >= 0.3 is 5.97 Å². The van der Waals surface area contributed by atoms with E-state index >= 15 is 0 Å². The highest BCUT2D eigenvalue weighted by atomic mass is 16.5. The number of rotatable bonds is 5. The van der Waals surface area contributed by atoms with Gasteiger partial charge in [0.15, 0.2) is 0 Å². The Bertz CT molecular complexity index is 783. The van der Waals surface area contributed by atoms with Crippen LogP contribution < -0.4 is 4.74 Å². The first-order valence-corrected chi connectivity index (χ1v) is 7.24. The molecule has 0 bridgehead atoms. The molecule has 0 aromatic heterocycles. The van der Waals surface area contributed by atoms with Gasteiger partial charge in [0.25, 0.3) is 0 Å². The van der Waals surface area contributed by atoms with Gasteiger partial charge in [-0.2, -0.15) is 5.26 Å². The van der Waals surface area contributed by atoms with Gasteiger partial charge in [0.2, 0.25) is 0 Å². The lowest BCUT2D eigenvalue weighted by Crippen LogP contribution is -2.00. The Balaban J connectivity index is 2.53. The molecule has 0 saturated carbocycles. The molecule has 2 aromatic carbocycles. The molecule has 0 amide bonds. The summed E-state index contributed by atoms with van der Waals surface area (Å²) in [5.41, 5.74) is 3.06. The molecule has 23 heavy (non-hydrogen) atoms. The number of nitriles is 1. The molecule has 0 aliphatic rings. The van der Waals surface area contributed by atoms with E-state index in [0.717, 1.165) is 11.1 Å². The zero-order chi connectivity index (χ0) is 16.8. The molecule has 0 aliphatic heterocycles. The number of hydrogen-bond donors (Lipinski definition) is 1. The number of aromatic carboxylic acids is 1. The van der Waals surface area contributed by atoms with E-state index in [0.29, 0.717) is 23.5 Å². The minimum absolute atomic E-state index is 0.154. The second-order valence-corrected chi connectivity index (χ2v) is 5.03. The summed E-state index contributed by atoms with van der Waals surface area (Å²) in [5, 5.41) is 18.6. The molecule has 1 N–H and O–H groups in total. The maximum atomic E-state index is 11.2. The van der Waals surface area contributed by atoms with Crippen LogP contribution in [-0.2, 0) is 0 Å². The van der Waals surface area contributed by atoms with Gasteiger partial charge in [-0.25, -0.2) is 4.79 Å². The Morgan fingerprint density at radius 2 is 1.87 bits per heavy atom. The lowest BCUT2D eigenvalue weighted by Gasteiger charge is -2.09. The van der Waals surface area contributed by atoms with E-state index in [4.69, 9.17) is 9.84 Å². The van der Waals surface area contributed by atoms with Crippen molar-refractivity contribution in [3.05, 3.63) is 64.7 Å². The predicted octanol–water partition coefficient (Wildman–Crippen LogP) is 4.16. The summed E-state index contributed by atoms with van der Waals surface area (Å²) in [6.45, 7) is 4.28. The largest absolute Gasteiger partial charge is 0.493 e. The summed E-state index contributed by atoms with van der Waals surface area (Å²) in [4.78, 5) is 11.2. The second-order valence-electron chi connectivity index (χ2n) is 5.03. The van der Waals surface area contributed by atoms with Crippen LogP contribution in [0.1, 0.15) is 34.0 Å². The molecule has 0 saturated heterocycles. The van der Waals surface area contributed by atoms with E-state index < -0.39 is 5.97 Å². The first-order chi connectivity index (χ1) is 11.0. The Morgan fingerprint density at radius 3 is 2.43 bits per heavy atom. The maximum Gasteiger partial charge on any atom is 0.335 e. The van der Waals surface area contributed by atoms with Crippen LogP contribution in [0.25, 0.3) is 11.6 Å². The summed E-state index contributed by atoms with van der Waals surface area (Å²) < 4.78 is 5.53. The highest BCUT2D eigenvalue weighted by molar-refractivity contribution is 5.93. The van der Waals surface area contributed by atoms with Crippen molar-refractivity contribution in [3.63, 3.8) is 0 Å². The van der Waals surface area contributed by atoms with Gasteiger partial charge in [0, 0.05) is 5.56 Å². The van der Waals surface area contributed by atoms with E-state index in [1.807, 2.05) is 38.1 Å².